The van der Waals surface area contributed by atoms with Crippen LogP contribution in [0.5, 0.6) is 0 Å². The molecule has 10 nitrogen and oxygen atoms in total. The predicted molar refractivity (Wildman–Crippen MR) is 141 cm³/mol. The third kappa shape index (κ3) is 33.1. The van der Waals surface area contributed by atoms with E-state index < -0.39 is 5.60 Å². The molecule has 0 aromatic carbocycles. The molecule has 0 fully saturated rings. The van der Waals surface area contributed by atoms with Crippen LogP contribution in [0.1, 0.15) is 54.4 Å². The molecule has 37 heavy (non-hydrogen) atoms. The first-order valence-electron chi connectivity index (χ1n) is 13.4. The fourth-order valence-corrected chi connectivity index (χ4v) is 2.57. The molecule has 0 saturated heterocycles. The van der Waals surface area contributed by atoms with Gasteiger partial charge in [0.15, 0.2) is 0 Å². The highest BCUT2D eigenvalue weighted by atomic mass is 16.6. The van der Waals surface area contributed by atoms with Crippen LogP contribution in [0, 0.1) is 5.41 Å². The number of ether oxygens (including phenoxy) is 9. The van der Waals surface area contributed by atoms with E-state index in [9.17, 15) is 4.79 Å². The standard InChI is InChI=1S/C27H54O10/c1-26(2,3)8-10-30-12-14-32-16-18-34-20-22-36-24-23-35-21-19-33-17-15-31-13-11-29-9-7-25(28)37-27(4,5)6/h7-24H2,1-6H3. The minimum Gasteiger partial charge on any atom is -0.460 e. The Kier molecular flexibility index (Phi) is 23.7. The van der Waals surface area contributed by atoms with Gasteiger partial charge in [0, 0.05) is 6.61 Å². The molecule has 0 aliphatic carbocycles. The van der Waals surface area contributed by atoms with Gasteiger partial charge in [0.05, 0.1) is 106 Å². The Morgan fingerprint density at radius 2 is 0.703 bits per heavy atom. The minimum absolute atomic E-state index is 0.240. The molecule has 0 bridgehead atoms. The maximum atomic E-state index is 11.5. The molecule has 0 N–H and O–H groups in total. The minimum atomic E-state index is -0.465. The Hall–Kier alpha value is -0.850. The van der Waals surface area contributed by atoms with Gasteiger partial charge in [0.2, 0.25) is 0 Å². The van der Waals surface area contributed by atoms with Gasteiger partial charge in [-0.2, -0.15) is 0 Å². The molecule has 0 aliphatic rings. The monoisotopic (exact) mass is 538 g/mol. The molecule has 0 aromatic heterocycles. The average molecular weight is 539 g/mol. The van der Waals surface area contributed by atoms with E-state index in [1.165, 1.54) is 0 Å². The molecule has 0 unspecified atom stereocenters. The Bertz CT molecular complexity index is 502. The van der Waals surface area contributed by atoms with Gasteiger partial charge in [-0.3, -0.25) is 4.79 Å². The molecule has 10 heteroatoms. The van der Waals surface area contributed by atoms with Crippen molar-refractivity contribution in [2.75, 3.05) is 106 Å². The van der Waals surface area contributed by atoms with Crippen LogP contribution in [-0.2, 0) is 47.4 Å². The second kappa shape index (κ2) is 24.2. The van der Waals surface area contributed by atoms with Crippen molar-refractivity contribution in [1.29, 1.82) is 0 Å². The second-order valence-corrected chi connectivity index (χ2v) is 10.5. The van der Waals surface area contributed by atoms with E-state index in [1.54, 1.807) is 0 Å². The first kappa shape index (κ1) is 36.1. The van der Waals surface area contributed by atoms with Gasteiger partial charge in [-0.05, 0) is 32.6 Å². The van der Waals surface area contributed by atoms with Crippen LogP contribution in [0.4, 0.5) is 0 Å². The Morgan fingerprint density at radius 3 is 0.973 bits per heavy atom. The zero-order chi connectivity index (χ0) is 27.7. The average Bonchev–Trinajstić information content (AvgIpc) is 2.79. The predicted octanol–water partition coefficient (Wildman–Crippen LogP) is 3.29. The molecule has 0 atom stereocenters. The maximum absolute atomic E-state index is 11.5. The number of carbonyl (C=O) groups is 1. The van der Waals surface area contributed by atoms with Crippen molar-refractivity contribution in [2.45, 2.75) is 60.0 Å². The van der Waals surface area contributed by atoms with E-state index in [0.717, 1.165) is 13.0 Å². The highest BCUT2D eigenvalue weighted by molar-refractivity contribution is 5.69. The van der Waals surface area contributed by atoms with Crippen LogP contribution in [0.15, 0.2) is 0 Å². The third-order valence-electron chi connectivity index (χ3n) is 4.47. The van der Waals surface area contributed by atoms with Crippen molar-refractivity contribution < 1.29 is 47.4 Å². The maximum Gasteiger partial charge on any atom is 0.308 e. The molecule has 0 rings (SSSR count). The SMILES string of the molecule is CC(C)(C)CCOCCOCCOCCOCCOCCOCCOCCOCCC(=O)OC(C)(C)C. The molecule has 0 spiro atoms. The van der Waals surface area contributed by atoms with Crippen molar-refractivity contribution in [3.05, 3.63) is 0 Å². The summed E-state index contributed by atoms with van der Waals surface area (Å²) in [5.74, 6) is -0.259. The summed E-state index contributed by atoms with van der Waals surface area (Å²) in [5, 5.41) is 0. The van der Waals surface area contributed by atoms with Crippen LogP contribution in [-0.4, -0.2) is 117 Å². The van der Waals surface area contributed by atoms with Gasteiger partial charge in [-0.25, -0.2) is 0 Å². The van der Waals surface area contributed by atoms with Crippen molar-refractivity contribution in [2.24, 2.45) is 5.41 Å². The van der Waals surface area contributed by atoms with E-state index in [-0.39, 0.29) is 12.4 Å². The van der Waals surface area contributed by atoms with Crippen LogP contribution in [0.2, 0.25) is 0 Å². The number of carbonyl (C=O) groups excluding carboxylic acids is 1. The first-order chi connectivity index (χ1) is 17.6. The van der Waals surface area contributed by atoms with Gasteiger partial charge in [0.25, 0.3) is 0 Å². The van der Waals surface area contributed by atoms with E-state index in [0.29, 0.717) is 105 Å². The van der Waals surface area contributed by atoms with Gasteiger partial charge in [0.1, 0.15) is 5.60 Å². The van der Waals surface area contributed by atoms with E-state index in [1.807, 2.05) is 20.8 Å². The topological polar surface area (TPSA) is 100 Å². The largest absolute Gasteiger partial charge is 0.460 e. The molecular formula is C27H54O10. The van der Waals surface area contributed by atoms with Gasteiger partial charge in [-0.15, -0.1) is 0 Å². The van der Waals surface area contributed by atoms with Crippen LogP contribution < -0.4 is 0 Å². The lowest BCUT2D eigenvalue weighted by molar-refractivity contribution is -0.156. The Labute approximate surface area is 224 Å². The highest BCUT2D eigenvalue weighted by Crippen LogP contribution is 2.17. The summed E-state index contributed by atoms with van der Waals surface area (Å²) in [4.78, 5) is 11.5. The number of hydrogen-bond donors (Lipinski definition) is 0. The Morgan fingerprint density at radius 1 is 0.432 bits per heavy atom. The molecule has 0 saturated carbocycles. The van der Waals surface area contributed by atoms with Crippen LogP contribution >= 0.6 is 0 Å². The normalized spacial score (nSPS) is 12.3. The summed E-state index contributed by atoms with van der Waals surface area (Å²) >= 11 is 0. The second-order valence-electron chi connectivity index (χ2n) is 10.5. The summed E-state index contributed by atoms with van der Waals surface area (Å²) in [6.45, 7) is 20.5. The smallest absolute Gasteiger partial charge is 0.308 e. The van der Waals surface area contributed by atoms with E-state index >= 15 is 0 Å². The van der Waals surface area contributed by atoms with Crippen molar-refractivity contribution in [3.8, 4) is 0 Å². The van der Waals surface area contributed by atoms with Crippen molar-refractivity contribution in [3.63, 3.8) is 0 Å². The molecule has 0 amide bonds. The van der Waals surface area contributed by atoms with Gasteiger partial charge >= 0.3 is 5.97 Å². The summed E-state index contributed by atoms with van der Waals surface area (Å²) in [6, 6.07) is 0. The zero-order valence-electron chi connectivity index (χ0n) is 24.3. The quantitative estimate of drug-likeness (QED) is 0.120. The number of hydrogen-bond acceptors (Lipinski definition) is 10. The molecule has 222 valence electrons. The Balaban J connectivity index is 3.12. The molecule has 0 aliphatic heterocycles. The highest BCUT2D eigenvalue weighted by Gasteiger charge is 2.15. The van der Waals surface area contributed by atoms with E-state index in [2.05, 4.69) is 20.8 Å². The lowest BCUT2D eigenvalue weighted by Gasteiger charge is -2.19. The zero-order valence-corrected chi connectivity index (χ0v) is 24.3. The fourth-order valence-electron chi connectivity index (χ4n) is 2.57. The fraction of sp³-hybridized carbons (Fsp3) is 0.963. The third-order valence-corrected chi connectivity index (χ3v) is 4.47. The molecule has 0 radical (unpaired) electrons. The molecule has 0 aromatic rings. The van der Waals surface area contributed by atoms with Crippen molar-refractivity contribution >= 4 is 5.97 Å². The van der Waals surface area contributed by atoms with Crippen LogP contribution in [0.3, 0.4) is 0 Å². The number of esters is 1. The van der Waals surface area contributed by atoms with E-state index in [4.69, 9.17) is 42.6 Å². The summed E-state index contributed by atoms with van der Waals surface area (Å²) in [7, 11) is 0. The number of rotatable bonds is 26. The summed E-state index contributed by atoms with van der Waals surface area (Å²) < 4.78 is 48.8. The van der Waals surface area contributed by atoms with Crippen LogP contribution in [0.25, 0.3) is 0 Å². The summed E-state index contributed by atoms with van der Waals surface area (Å²) in [5.41, 5.74) is -0.161. The first-order valence-corrected chi connectivity index (χ1v) is 13.4. The summed E-state index contributed by atoms with van der Waals surface area (Å²) in [6.07, 6.45) is 1.28. The van der Waals surface area contributed by atoms with Gasteiger partial charge < -0.3 is 42.6 Å². The molecule has 0 heterocycles. The molecular weight excluding hydrogens is 484 g/mol. The van der Waals surface area contributed by atoms with Crippen molar-refractivity contribution in [1.82, 2.24) is 0 Å². The van der Waals surface area contributed by atoms with Gasteiger partial charge in [-0.1, -0.05) is 20.8 Å². The lowest BCUT2D eigenvalue weighted by atomic mass is 9.93. The lowest BCUT2D eigenvalue weighted by Crippen LogP contribution is -2.24.